The lowest BCUT2D eigenvalue weighted by molar-refractivity contribution is -0.384. The third-order valence-electron chi connectivity index (χ3n) is 4.51. The number of non-ortho nitro benzene ring substituents is 1. The average molecular weight is 437 g/mol. The van der Waals surface area contributed by atoms with Gasteiger partial charge in [-0.25, -0.2) is 9.97 Å². The van der Waals surface area contributed by atoms with Crippen molar-refractivity contribution in [1.82, 2.24) is 15.4 Å². The summed E-state index contributed by atoms with van der Waals surface area (Å²) in [6, 6.07) is 12.3. The van der Waals surface area contributed by atoms with E-state index < -0.39 is 21.4 Å². The van der Waals surface area contributed by atoms with Crippen LogP contribution in [0.5, 0.6) is 0 Å². The van der Waals surface area contributed by atoms with Gasteiger partial charge in [0.25, 0.3) is 11.6 Å². The maximum absolute atomic E-state index is 12.3. The Labute approximate surface area is 182 Å². The van der Waals surface area contributed by atoms with E-state index >= 15 is 0 Å². The summed E-state index contributed by atoms with van der Waals surface area (Å²) in [5.74, 6) is -0.799. The van der Waals surface area contributed by atoms with Crippen molar-refractivity contribution in [2.24, 2.45) is 0 Å². The van der Waals surface area contributed by atoms with Crippen LogP contribution in [0.25, 0.3) is 0 Å². The molecule has 1 amide bonds. The monoisotopic (exact) mass is 437 g/mol. The average Bonchev–Trinajstić information content (AvgIpc) is 2.78. The fourth-order valence-electron chi connectivity index (χ4n) is 3.00. The number of nitrogens with zero attached hydrogens (tertiary/aromatic N) is 5. The molecule has 0 atom stereocenters. The Kier molecular flexibility index (Phi) is 6.53. The number of anilines is 3. The highest BCUT2D eigenvalue weighted by Gasteiger charge is 2.27. The van der Waals surface area contributed by atoms with E-state index in [2.05, 4.69) is 20.8 Å². The fourth-order valence-corrected chi connectivity index (χ4v) is 3.00. The minimum atomic E-state index is -0.652. The molecule has 0 radical (unpaired) electrons. The summed E-state index contributed by atoms with van der Waals surface area (Å²) in [6.45, 7) is 4.14. The first kappa shape index (κ1) is 22.1. The van der Waals surface area contributed by atoms with Crippen molar-refractivity contribution in [3.8, 4) is 0 Å². The van der Waals surface area contributed by atoms with Crippen molar-refractivity contribution < 1.29 is 14.6 Å². The van der Waals surface area contributed by atoms with Crippen molar-refractivity contribution in [3.05, 3.63) is 86.2 Å². The molecular formula is C20H19N7O5. The van der Waals surface area contributed by atoms with Gasteiger partial charge < -0.3 is 4.90 Å². The van der Waals surface area contributed by atoms with Crippen molar-refractivity contribution in [1.29, 1.82) is 0 Å². The molecule has 2 aromatic carbocycles. The molecule has 164 valence electrons. The summed E-state index contributed by atoms with van der Waals surface area (Å²) < 4.78 is 0. The van der Waals surface area contributed by atoms with Crippen molar-refractivity contribution >= 4 is 34.6 Å². The number of carbonyl (C=O) groups excluding carboxylic acids is 1. The Bertz CT molecular complexity index is 1170. The Morgan fingerprint density at radius 1 is 1.06 bits per heavy atom. The number of rotatable bonds is 8. The lowest BCUT2D eigenvalue weighted by Gasteiger charge is -2.22. The topological polar surface area (TPSA) is 156 Å². The van der Waals surface area contributed by atoms with E-state index in [0.717, 1.165) is 17.6 Å². The van der Waals surface area contributed by atoms with Crippen LogP contribution in [-0.4, -0.2) is 32.3 Å². The summed E-state index contributed by atoms with van der Waals surface area (Å²) in [6.07, 6.45) is 1.15. The maximum Gasteiger partial charge on any atom is 0.355 e. The number of hydrogen-bond acceptors (Lipinski definition) is 9. The second-order valence-electron chi connectivity index (χ2n) is 6.62. The van der Waals surface area contributed by atoms with Crippen LogP contribution < -0.4 is 15.8 Å². The molecule has 32 heavy (non-hydrogen) atoms. The van der Waals surface area contributed by atoms with Crippen LogP contribution in [0, 0.1) is 27.2 Å². The molecule has 0 aliphatic carbocycles. The molecule has 0 aliphatic rings. The largest absolute Gasteiger partial charge is 0.355 e. The highest BCUT2D eigenvalue weighted by atomic mass is 16.6. The quantitative estimate of drug-likeness (QED) is 0.397. The zero-order valence-corrected chi connectivity index (χ0v) is 17.2. The van der Waals surface area contributed by atoms with Crippen LogP contribution in [0.1, 0.15) is 22.8 Å². The van der Waals surface area contributed by atoms with Crippen LogP contribution in [0.4, 0.5) is 28.7 Å². The maximum atomic E-state index is 12.3. The first-order valence-corrected chi connectivity index (χ1v) is 9.46. The number of carbonyl (C=O) groups is 1. The molecule has 0 aliphatic heterocycles. The van der Waals surface area contributed by atoms with Gasteiger partial charge in [0.1, 0.15) is 6.33 Å². The minimum absolute atomic E-state index is 0.0604. The second kappa shape index (κ2) is 9.47. The number of nitro benzene ring substituents is 1. The lowest BCUT2D eigenvalue weighted by Crippen LogP contribution is -2.30. The zero-order valence-electron chi connectivity index (χ0n) is 17.2. The Morgan fingerprint density at radius 3 is 2.38 bits per heavy atom. The molecule has 0 bridgehead atoms. The van der Waals surface area contributed by atoms with Gasteiger partial charge in [-0.05, 0) is 43.7 Å². The number of benzene rings is 2. The molecule has 0 saturated carbocycles. The fraction of sp³-hybridized carbons (Fsp3) is 0.150. The number of nitro groups is 2. The van der Waals surface area contributed by atoms with Crippen LogP contribution in [-0.2, 0) is 0 Å². The lowest BCUT2D eigenvalue weighted by atomic mass is 10.2. The summed E-state index contributed by atoms with van der Waals surface area (Å²) in [7, 11) is 0. The van der Waals surface area contributed by atoms with Gasteiger partial charge in [-0.15, -0.1) is 0 Å². The number of aromatic nitrogens is 2. The number of hydrogen-bond donors (Lipinski definition) is 2. The molecule has 2 N–H and O–H groups in total. The van der Waals surface area contributed by atoms with Gasteiger partial charge in [-0.2, -0.15) is 0 Å². The summed E-state index contributed by atoms with van der Waals surface area (Å²) in [5.41, 5.74) is 6.01. The molecule has 0 saturated heterocycles. The standard InChI is InChI=1S/C20H19N7O5/c1-3-25(16-6-4-5-13(2)11-16)19-17(27(31)32)18(21-12-22-19)23-24-20(28)14-7-9-15(10-8-14)26(29)30/h4-12H,3H2,1-2H3,(H,24,28)(H,21,22,23). The Hall–Kier alpha value is -4.61. The number of nitrogens with one attached hydrogen (secondary N) is 2. The van der Waals surface area contributed by atoms with Crippen LogP contribution in [0.2, 0.25) is 0 Å². The molecule has 3 aromatic rings. The number of hydrazine groups is 1. The molecule has 12 nitrogen and oxygen atoms in total. The first-order chi connectivity index (χ1) is 15.3. The third kappa shape index (κ3) is 4.75. The van der Waals surface area contributed by atoms with Gasteiger partial charge in [-0.3, -0.25) is 35.9 Å². The molecule has 1 aromatic heterocycles. The van der Waals surface area contributed by atoms with Gasteiger partial charge in [0.2, 0.25) is 11.6 Å². The van der Waals surface area contributed by atoms with Gasteiger partial charge in [0.05, 0.1) is 9.85 Å². The third-order valence-corrected chi connectivity index (χ3v) is 4.51. The molecule has 0 spiro atoms. The smallest absolute Gasteiger partial charge is 0.321 e. The Morgan fingerprint density at radius 2 is 1.78 bits per heavy atom. The second-order valence-corrected chi connectivity index (χ2v) is 6.62. The normalized spacial score (nSPS) is 10.3. The molecule has 0 fully saturated rings. The van der Waals surface area contributed by atoms with Crippen molar-refractivity contribution in [3.63, 3.8) is 0 Å². The van der Waals surface area contributed by atoms with E-state index in [1.54, 1.807) is 4.90 Å². The number of amides is 1. The predicted octanol–water partition coefficient (Wildman–Crippen LogP) is 3.52. The summed E-state index contributed by atoms with van der Waals surface area (Å²) in [5, 5.41) is 22.6. The highest BCUT2D eigenvalue weighted by Crippen LogP contribution is 2.35. The first-order valence-electron chi connectivity index (χ1n) is 9.46. The molecule has 3 rings (SSSR count). The van der Waals surface area contributed by atoms with E-state index in [0.29, 0.717) is 6.54 Å². The van der Waals surface area contributed by atoms with E-state index in [1.165, 1.54) is 24.3 Å². The molecular weight excluding hydrogens is 418 g/mol. The van der Waals surface area contributed by atoms with Crippen LogP contribution in [0.3, 0.4) is 0 Å². The van der Waals surface area contributed by atoms with Crippen molar-refractivity contribution in [2.75, 3.05) is 16.9 Å². The van der Waals surface area contributed by atoms with Crippen molar-refractivity contribution in [2.45, 2.75) is 13.8 Å². The highest BCUT2D eigenvalue weighted by molar-refractivity contribution is 5.95. The molecule has 0 unspecified atom stereocenters. The van der Waals surface area contributed by atoms with Gasteiger partial charge >= 0.3 is 5.69 Å². The van der Waals surface area contributed by atoms with Gasteiger partial charge in [-0.1, -0.05) is 12.1 Å². The predicted molar refractivity (Wildman–Crippen MR) is 117 cm³/mol. The van der Waals surface area contributed by atoms with Gasteiger partial charge in [0.15, 0.2) is 0 Å². The van der Waals surface area contributed by atoms with E-state index in [4.69, 9.17) is 0 Å². The van der Waals surface area contributed by atoms with E-state index in [9.17, 15) is 25.0 Å². The molecule has 12 heteroatoms. The van der Waals surface area contributed by atoms with E-state index in [-0.39, 0.29) is 22.9 Å². The number of aryl methyl sites for hydroxylation is 1. The zero-order chi connectivity index (χ0) is 23.3. The summed E-state index contributed by atoms with van der Waals surface area (Å²) >= 11 is 0. The summed E-state index contributed by atoms with van der Waals surface area (Å²) in [4.78, 5) is 43.4. The van der Waals surface area contributed by atoms with Crippen LogP contribution in [0.15, 0.2) is 54.9 Å². The molecule has 1 heterocycles. The minimum Gasteiger partial charge on any atom is -0.321 e. The van der Waals surface area contributed by atoms with Crippen LogP contribution >= 0.6 is 0 Å². The Balaban J connectivity index is 1.88. The SMILES string of the molecule is CCN(c1cccc(C)c1)c1ncnc(NNC(=O)c2ccc([N+](=O)[O-])cc2)c1[N+](=O)[O-]. The van der Waals surface area contributed by atoms with Gasteiger partial charge in [0, 0.05) is 29.9 Å². The van der Waals surface area contributed by atoms with E-state index in [1.807, 2.05) is 38.1 Å².